The summed E-state index contributed by atoms with van der Waals surface area (Å²) in [5, 5.41) is 6.16. The molecule has 1 saturated heterocycles. The summed E-state index contributed by atoms with van der Waals surface area (Å²) in [7, 11) is -0.0347. The fraction of sp³-hybridized carbons (Fsp3) is 0.533. The Hall–Kier alpha value is -1.67. The summed E-state index contributed by atoms with van der Waals surface area (Å²) in [5.41, 5.74) is 0.546. The molecule has 1 amide bonds. The third-order valence-electron chi connectivity index (χ3n) is 3.82. The van der Waals surface area contributed by atoms with Crippen molar-refractivity contribution in [3.63, 3.8) is 0 Å². The van der Waals surface area contributed by atoms with Gasteiger partial charge in [-0.1, -0.05) is 11.6 Å². The average Bonchev–Trinajstić information content (AvgIpc) is 2.86. The highest BCUT2D eigenvalue weighted by Crippen LogP contribution is 2.36. The van der Waals surface area contributed by atoms with Gasteiger partial charge in [0.1, 0.15) is 17.5 Å². The van der Waals surface area contributed by atoms with Gasteiger partial charge < -0.3 is 20.1 Å². The number of nitrogens with one attached hydrogen (secondary N) is 2. The highest BCUT2D eigenvalue weighted by Gasteiger charge is 2.30. The van der Waals surface area contributed by atoms with E-state index in [1.54, 1.807) is 19.1 Å². The first kappa shape index (κ1) is 18.7. The van der Waals surface area contributed by atoms with E-state index in [1.807, 2.05) is 0 Å². The summed E-state index contributed by atoms with van der Waals surface area (Å²) < 4.78 is 33.3. The van der Waals surface area contributed by atoms with Crippen LogP contribution in [0.2, 0.25) is 5.02 Å². The zero-order valence-electron chi connectivity index (χ0n) is 13.8. The van der Waals surface area contributed by atoms with Crippen LogP contribution in [0.5, 0.6) is 11.5 Å². The molecule has 2 rings (SSSR count). The molecule has 0 aromatic heterocycles. The lowest BCUT2D eigenvalue weighted by atomic mass is 10.2. The number of anilines is 1. The second kappa shape index (κ2) is 7.48. The van der Waals surface area contributed by atoms with Gasteiger partial charge in [0.15, 0.2) is 9.84 Å². The van der Waals surface area contributed by atoms with Crippen LogP contribution in [-0.4, -0.2) is 52.1 Å². The van der Waals surface area contributed by atoms with Crippen LogP contribution in [0.15, 0.2) is 12.1 Å². The molecule has 1 aromatic rings. The smallest absolute Gasteiger partial charge is 0.242 e. The Labute approximate surface area is 146 Å². The molecular formula is C15H21ClN2O5S. The van der Waals surface area contributed by atoms with Crippen molar-refractivity contribution in [1.29, 1.82) is 0 Å². The molecule has 2 N–H and O–H groups in total. The number of benzene rings is 1. The molecule has 0 bridgehead atoms. The van der Waals surface area contributed by atoms with E-state index in [-0.39, 0.29) is 23.5 Å². The van der Waals surface area contributed by atoms with Gasteiger partial charge in [-0.2, -0.15) is 0 Å². The second-order valence-electron chi connectivity index (χ2n) is 5.66. The molecule has 9 heteroatoms. The minimum Gasteiger partial charge on any atom is -0.495 e. The molecule has 1 aliphatic rings. The minimum absolute atomic E-state index is 0.0108. The SMILES string of the molecule is COc1cc(OC)c(NC(C)C(=O)NC2CCS(=O)(=O)C2)cc1Cl. The summed E-state index contributed by atoms with van der Waals surface area (Å²) in [5.74, 6) is 0.767. The van der Waals surface area contributed by atoms with Crippen molar-refractivity contribution >= 4 is 33.0 Å². The highest BCUT2D eigenvalue weighted by molar-refractivity contribution is 7.91. The minimum atomic E-state index is -3.04. The molecule has 1 heterocycles. The van der Waals surface area contributed by atoms with Crippen molar-refractivity contribution in [2.45, 2.75) is 25.4 Å². The zero-order chi connectivity index (χ0) is 17.9. The van der Waals surface area contributed by atoms with Crippen molar-refractivity contribution in [2.75, 3.05) is 31.0 Å². The standard InChI is InChI=1S/C15H21ClN2O5S/c1-9(15(19)18-10-4-5-24(20,21)8-10)17-12-6-11(16)13(22-2)7-14(12)23-3/h6-7,9-10,17H,4-5,8H2,1-3H3,(H,18,19). The number of carbonyl (C=O) groups excluding carboxylic acids is 1. The number of carbonyl (C=O) groups is 1. The van der Waals surface area contributed by atoms with Gasteiger partial charge in [-0.15, -0.1) is 0 Å². The summed E-state index contributed by atoms with van der Waals surface area (Å²) in [6.07, 6.45) is 0.443. The van der Waals surface area contributed by atoms with Crippen LogP contribution in [0, 0.1) is 0 Å². The zero-order valence-corrected chi connectivity index (χ0v) is 15.3. The maximum Gasteiger partial charge on any atom is 0.242 e. The summed E-state index contributed by atoms with van der Waals surface area (Å²) >= 11 is 6.10. The van der Waals surface area contributed by atoms with Gasteiger partial charge in [-0.05, 0) is 19.4 Å². The maximum absolute atomic E-state index is 12.3. The number of hydrogen-bond donors (Lipinski definition) is 2. The predicted molar refractivity (Wildman–Crippen MR) is 92.8 cm³/mol. The number of methoxy groups -OCH3 is 2. The fourth-order valence-electron chi connectivity index (χ4n) is 2.51. The Kier molecular flexibility index (Phi) is 5.82. The molecule has 0 aliphatic carbocycles. The van der Waals surface area contributed by atoms with E-state index in [9.17, 15) is 13.2 Å². The molecular weight excluding hydrogens is 356 g/mol. The lowest BCUT2D eigenvalue weighted by molar-refractivity contribution is -0.122. The number of halogens is 1. The predicted octanol–water partition coefficient (Wildman–Crippen LogP) is 1.46. The van der Waals surface area contributed by atoms with Crippen LogP contribution in [0.25, 0.3) is 0 Å². The van der Waals surface area contributed by atoms with E-state index in [1.165, 1.54) is 14.2 Å². The molecule has 24 heavy (non-hydrogen) atoms. The second-order valence-corrected chi connectivity index (χ2v) is 8.30. The van der Waals surface area contributed by atoms with Crippen molar-refractivity contribution in [3.8, 4) is 11.5 Å². The molecule has 1 fully saturated rings. The monoisotopic (exact) mass is 376 g/mol. The van der Waals surface area contributed by atoms with Gasteiger partial charge in [0, 0.05) is 12.1 Å². The molecule has 1 aromatic carbocycles. The first-order valence-corrected chi connectivity index (χ1v) is 9.64. The first-order valence-electron chi connectivity index (χ1n) is 7.44. The van der Waals surface area contributed by atoms with Crippen LogP contribution >= 0.6 is 11.6 Å². The number of sulfone groups is 1. The van der Waals surface area contributed by atoms with Crippen molar-refractivity contribution in [1.82, 2.24) is 5.32 Å². The Morgan fingerprint density at radius 3 is 2.50 bits per heavy atom. The summed E-state index contributed by atoms with van der Waals surface area (Å²) in [6.45, 7) is 1.68. The number of amides is 1. The summed E-state index contributed by atoms with van der Waals surface area (Å²) in [6, 6.07) is 2.31. The van der Waals surface area contributed by atoms with Gasteiger partial charge >= 0.3 is 0 Å². The molecule has 7 nitrogen and oxygen atoms in total. The topological polar surface area (TPSA) is 93.7 Å². The van der Waals surface area contributed by atoms with Crippen LogP contribution in [0.3, 0.4) is 0 Å². The van der Waals surface area contributed by atoms with Crippen LogP contribution in [-0.2, 0) is 14.6 Å². The third kappa shape index (κ3) is 4.45. The van der Waals surface area contributed by atoms with Gasteiger partial charge in [0.2, 0.25) is 5.91 Å². The van der Waals surface area contributed by atoms with Gasteiger partial charge in [0.25, 0.3) is 0 Å². The lowest BCUT2D eigenvalue weighted by Crippen LogP contribution is -2.43. The maximum atomic E-state index is 12.3. The van der Waals surface area contributed by atoms with E-state index in [0.717, 1.165) is 0 Å². The lowest BCUT2D eigenvalue weighted by Gasteiger charge is -2.20. The van der Waals surface area contributed by atoms with E-state index in [4.69, 9.17) is 21.1 Å². The quantitative estimate of drug-likeness (QED) is 0.780. The van der Waals surface area contributed by atoms with E-state index in [0.29, 0.717) is 28.6 Å². The third-order valence-corrected chi connectivity index (χ3v) is 5.88. The summed E-state index contributed by atoms with van der Waals surface area (Å²) in [4.78, 5) is 12.3. The van der Waals surface area contributed by atoms with Crippen molar-refractivity contribution < 1.29 is 22.7 Å². The van der Waals surface area contributed by atoms with Crippen molar-refractivity contribution in [2.24, 2.45) is 0 Å². The highest BCUT2D eigenvalue weighted by atomic mass is 35.5. The molecule has 0 radical (unpaired) electrons. The van der Waals surface area contributed by atoms with E-state index in [2.05, 4.69) is 10.6 Å². The molecule has 2 atom stereocenters. The molecule has 0 saturated carbocycles. The largest absolute Gasteiger partial charge is 0.495 e. The van der Waals surface area contributed by atoms with E-state index < -0.39 is 15.9 Å². The Morgan fingerprint density at radius 2 is 1.96 bits per heavy atom. The van der Waals surface area contributed by atoms with Gasteiger partial charge in [0.05, 0.1) is 36.4 Å². The molecule has 1 aliphatic heterocycles. The van der Waals surface area contributed by atoms with Gasteiger partial charge in [-0.3, -0.25) is 4.79 Å². The van der Waals surface area contributed by atoms with Crippen LogP contribution in [0.4, 0.5) is 5.69 Å². The Bertz CT molecular complexity index is 723. The number of rotatable bonds is 6. The van der Waals surface area contributed by atoms with Crippen molar-refractivity contribution in [3.05, 3.63) is 17.2 Å². The number of ether oxygens (including phenoxy) is 2. The number of hydrogen-bond acceptors (Lipinski definition) is 6. The Morgan fingerprint density at radius 1 is 1.29 bits per heavy atom. The van der Waals surface area contributed by atoms with Crippen LogP contribution < -0.4 is 20.1 Å². The molecule has 2 unspecified atom stereocenters. The first-order chi connectivity index (χ1) is 11.3. The normalized spacial score (nSPS) is 20.2. The molecule has 134 valence electrons. The Balaban J connectivity index is 2.05. The van der Waals surface area contributed by atoms with E-state index >= 15 is 0 Å². The molecule has 0 spiro atoms. The average molecular weight is 377 g/mol. The van der Waals surface area contributed by atoms with Crippen LogP contribution in [0.1, 0.15) is 13.3 Å². The van der Waals surface area contributed by atoms with Gasteiger partial charge in [-0.25, -0.2) is 8.42 Å². The fourth-order valence-corrected chi connectivity index (χ4v) is 4.42.